The van der Waals surface area contributed by atoms with Gasteiger partial charge < -0.3 is 23.4 Å². The molecule has 2 aromatic carbocycles. The number of benzene rings is 2. The lowest BCUT2D eigenvalue weighted by molar-refractivity contribution is -0.135. The highest BCUT2D eigenvalue weighted by atomic mass is 16.5. The molecule has 0 saturated carbocycles. The lowest BCUT2D eigenvalue weighted by atomic mass is 9.84. The predicted octanol–water partition coefficient (Wildman–Crippen LogP) is 5.30. The molecule has 0 N–H and O–H groups in total. The number of hydrogen-bond acceptors (Lipinski definition) is 7. The number of para-hydroxylation sites is 1. The molecule has 34 heavy (non-hydrogen) atoms. The minimum Gasteiger partial charge on any atom is -0.493 e. The van der Waals surface area contributed by atoms with Crippen LogP contribution in [0.25, 0.3) is 6.08 Å². The first-order valence-electron chi connectivity index (χ1n) is 10.8. The minimum atomic E-state index is -0.475. The van der Waals surface area contributed by atoms with Crippen molar-refractivity contribution in [1.82, 2.24) is 0 Å². The number of carbonyl (C=O) groups excluding carboxylic acids is 2. The Bertz CT molecular complexity index is 1330. The maximum absolute atomic E-state index is 13.1. The van der Waals surface area contributed by atoms with Gasteiger partial charge in [0.25, 0.3) is 0 Å². The van der Waals surface area contributed by atoms with Crippen LogP contribution in [0, 0.1) is 0 Å². The van der Waals surface area contributed by atoms with Gasteiger partial charge in [-0.05, 0) is 42.8 Å². The molecule has 0 radical (unpaired) electrons. The van der Waals surface area contributed by atoms with Gasteiger partial charge in [0.15, 0.2) is 17.3 Å². The summed E-state index contributed by atoms with van der Waals surface area (Å²) >= 11 is 0. The second kappa shape index (κ2) is 8.59. The molecular weight excluding hydrogens is 436 g/mol. The van der Waals surface area contributed by atoms with Crippen LogP contribution in [0.3, 0.4) is 0 Å². The summed E-state index contributed by atoms with van der Waals surface area (Å²) in [6, 6.07) is 12.2. The summed E-state index contributed by atoms with van der Waals surface area (Å²) in [6.07, 6.45) is 3.12. The van der Waals surface area contributed by atoms with E-state index in [2.05, 4.69) is 6.58 Å². The zero-order valence-corrected chi connectivity index (χ0v) is 18.8. The number of hydrogen-bond donors (Lipinski definition) is 0. The third-order valence-corrected chi connectivity index (χ3v) is 5.66. The molecule has 7 nitrogen and oxygen atoms in total. The topological polar surface area (TPSA) is 84.2 Å². The number of ketones is 1. The number of allylic oxidation sites excluding steroid dienone is 1. The van der Waals surface area contributed by atoms with Gasteiger partial charge in [-0.3, -0.25) is 9.59 Å². The highest BCUT2D eigenvalue weighted by Gasteiger charge is 2.40. The van der Waals surface area contributed by atoms with Crippen molar-refractivity contribution < 1.29 is 33.0 Å². The van der Waals surface area contributed by atoms with E-state index in [0.717, 1.165) is 11.1 Å². The molecule has 0 amide bonds. The molecule has 1 atom stereocenters. The molecule has 2 aliphatic heterocycles. The van der Waals surface area contributed by atoms with E-state index in [9.17, 15) is 9.59 Å². The standard InChI is InChI=1S/C27H22O7/c1-15(2)14-32-26-17(7-4-8-21(26)30-3)19-13-23(28)33-20-10-9-18-25(29)22(34-27(18)24(19)20)12-16-6-5-11-31-16/h4-12,19H,1,13-14H2,2-3H3/b22-12-/t19-/m1/s1. The molecule has 2 aliphatic rings. The summed E-state index contributed by atoms with van der Waals surface area (Å²) in [5, 5.41) is 0. The van der Waals surface area contributed by atoms with Crippen LogP contribution in [0.5, 0.6) is 23.0 Å². The van der Waals surface area contributed by atoms with E-state index in [4.69, 9.17) is 23.4 Å². The molecular formula is C27H22O7. The Morgan fingerprint density at radius 2 is 2.00 bits per heavy atom. The van der Waals surface area contributed by atoms with Crippen LogP contribution in [-0.4, -0.2) is 25.5 Å². The average Bonchev–Trinajstić information content (AvgIpc) is 3.45. The van der Waals surface area contributed by atoms with Gasteiger partial charge in [0.2, 0.25) is 5.78 Å². The van der Waals surface area contributed by atoms with E-state index in [-0.39, 0.29) is 30.5 Å². The number of Topliss-reactive ketones (excluding diaryl/α,β-unsaturated/α-hetero) is 1. The Kier molecular flexibility index (Phi) is 5.45. The summed E-state index contributed by atoms with van der Waals surface area (Å²) in [5.74, 6) is 1.25. The van der Waals surface area contributed by atoms with Crippen molar-refractivity contribution in [3.63, 3.8) is 0 Å². The van der Waals surface area contributed by atoms with E-state index in [1.54, 1.807) is 43.5 Å². The Morgan fingerprint density at radius 3 is 2.74 bits per heavy atom. The number of rotatable bonds is 6. The Balaban J connectivity index is 1.64. The van der Waals surface area contributed by atoms with Crippen LogP contribution in [-0.2, 0) is 4.79 Å². The molecule has 7 heteroatoms. The third kappa shape index (κ3) is 3.75. The average molecular weight is 458 g/mol. The lowest BCUT2D eigenvalue weighted by Crippen LogP contribution is -2.22. The van der Waals surface area contributed by atoms with Gasteiger partial charge >= 0.3 is 5.97 Å². The van der Waals surface area contributed by atoms with Crippen molar-refractivity contribution in [3.8, 4) is 23.0 Å². The molecule has 3 aromatic rings. The summed E-state index contributed by atoms with van der Waals surface area (Å²) in [5.41, 5.74) is 2.57. The van der Waals surface area contributed by atoms with E-state index >= 15 is 0 Å². The van der Waals surface area contributed by atoms with Crippen LogP contribution in [0.4, 0.5) is 0 Å². The maximum atomic E-state index is 13.1. The quantitative estimate of drug-likeness (QED) is 0.214. The molecule has 0 saturated heterocycles. The SMILES string of the molecule is C=C(C)COc1c(OC)cccc1[C@H]1CC(=O)Oc2ccc3c(c21)O/C(=C\c1ccco1)C3=O. The van der Waals surface area contributed by atoms with Crippen molar-refractivity contribution in [2.24, 2.45) is 0 Å². The third-order valence-electron chi connectivity index (χ3n) is 5.66. The minimum absolute atomic E-state index is 0.0504. The van der Waals surface area contributed by atoms with Gasteiger partial charge in [0.05, 0.1) is 25.4 Å². The Hall–Kier alpha value is -4.26. The zero-order chi connectivity index (χ0) is 23.8. The van der Waals surface area contributed by atoms with Crippen LogP contribution in [0.15, 0.2) is 71.1 Å². The molecule has 0 aliphatic carbocycles. The molecule has 3 heterocycles. The second-order valence-corrected chi connectivity index (χ2v) is 8.16. The van der Waals surface area contributed by atoms with Gasteiger partial charge in [0, 0.05) is 23.1 Å². The first kappa shape index (κ1) is 21.6. The van der Waals surface area contributed by atoms with Crippen molar-refractivity contribution >= 4 is 17.8 Å². The Labute approximate surface area is 196 Å². The van der Waals surface area contributed by atoms with Crippen molar-refractivity contribution in [2.45, 2.75) is 19.3 Å². The number of fused-ring (bicyclic) bond motifs is 3. The van der Waals surface area contributed by atoms with Gasteiger partial charge in [0.1, 0.15) is 23.9 Å². The molecule has 5 rings (SSSR count). The van der Waals surface area contributed by atoms with Gasteiger partial charge in [-0.25, -0.2) is 0 Å². The van der Waals surface area contributed by atoms with E-state index in [1.165, 1.54) is 6.26 Å². The number of ether oxygens (including phenoxy) is 4. The highest BCUT2D eigenvalue weighted by molar-refractivity contribution is 6.15. The van der Waals surface area contributed by atoms with Gasteiger partial charge in [-0.15, -0.1) is 0 Å². The zero-order valence-electron chi connectivity index (χ0n) is 18.8. The molecule has 1 aromatic heterocycles. The van der Waals surface area contributed by atoms with E-state index in [0.29, 0.717) is 39.9 Å². The van der Waals surface area contributed by atoms with Crippen molar-refractivity contribution in [3.05, 3.63) is 89.1 Å². The fourth-order valence-corrected chi connectivity index (χ4v) is 4.19. The number of methoxy groups -OCH3 is 1. The first-order valence-corrected chi connectivity index (χ1v) is 10.8. The largest absolute Gasteiger partial charge is 0.493 e. The van der Waals surface area contributed by atoms with Crippen molar-refractivity contribution in [2.75, 3.05) is 13.7 Å². The van der Waals surface area contributed by atoms with Crippen LogP contribution in [0.2, 0.25) is 0 Å². The molecule has 0 fully saturated rings. The smallest absolute Gasteiger partial charge is 0.312 e. The number of carbonyl (C=O) groups is 2. The molecule has 0 unspecified atom stereocenters. The number of furan rings is 1. The maximum Gasteiger partial charge on any atom is 0.312 e. The molecule has 0 bridgehead atoms. The van der Waals surface area contributed by atoms with E-state index < -0.39 is 5.92 Å². The molecule has 172 valence electrons. The number of esters is 1. The summed E-state index contributed by atoms with van der Waals surface area (Å²) in [4.78, 5) is 25.6. The highest BCUT2D eigenvalue weighted by Crippen LogP contribution is 2.51. The summed E-state index contributed by atoms with van der Waals surface area (Å²) < 4.78 is 28.5. The fraction of sp³-hybridized carbons (Fsp3) is 0.185. The summed E-state index contributed by atoms with van der Waals surface area (Å²) in [7, 11) is 1.56. The lowest BCUT2D eigenvalue weighted by Gasteiger charge is -2.28. The van der Waals surface area contributed by atoms with Crippen LogP contribution in [0.1, 0.15) is 46.5 Å². The fourth-order valence-electron chi connectivity index (χ4n) is 4.19. The summed E-state index contributed by atoms with van der Waals surface area (Å²) in [6.45, 7) is 6.05. The Morgan fingerprint density at radius 1 is 1.15 bits per heavy atom. The van der Waals surface area contributed by atoms with Crippen LogP contribution < -0.4 is 18.9 Å². The van der Waals surface area contributed by atoms with Gasteiger partial charge in [-0.2, -0.15) is 0 Å². The van der Waals surface area contributed by atoms with Crippen molar-refractivity contribution in [1.29, 1.82) is 0 Å². The first-order chi connectivity index (χ1) is 16.5. The predicted molar refractivity (Wildman–Crippen MR) is 123 cm³/mol. The monoisotopic (exact) mass is 458 g/mol. The van der Waals surface area contributed by atoms with Gasteiger partial charge in [-0.1, -0.05) is 18.7 Å². The van der Waals surface area contributed by atoms with Crippen LogP contribution >= 0.6 is 0 Å². The van der Waals surface area contributed by atoms with E-state index in [1.807, 2.05) is 19.1 Å². The second-order valence-electron chi connectivity index (χ2n) is 8.16. The molecule has 0 spiro atoms. The normalized spacial score (nSPS) is 17.6.